The molecule has 0 radical (unpaired) electrons. The van der Waals surface area contributed by atoms with Crippen LogP contribution in [0.3, 0.4) is 0 Å². The van der Waals surface area contributed by atoms with Gasteiger partial charge in [0.05, 0.1) is 0 Å². The molecule has 0 saturated heterocycles. The molecule has 0 aromatic heterocycles. The topological polar surface area (TPSA) is 170 Å². The lowest BCUT2D eigenvalue weighted by Crippen LogP contribution is -2.25. The molecule has 13 nitrogen and oxygen atoms in total. The summed E-state index contributed by atoms with van der Waals surface area (Å²) in [4.78, 5) is 22.1. The molecule has 1 atom stereocenters. The Kier molecular flexibility index (Phi) is 14.2. The normalized spacial score (nSPS) is 12.0. The van der Waals surface area contributed by atoms with Crippen molar-refractivity contribution in [3.05, 3.63) is 132 Å². The van der Waals surface area contributed by atoms with Crippen LogP contribution in [0.5, 0.6) is 11.5 Å². The Morgan fingerprint density at radius 3 is 1.61 bits per heavy atom. The van der Waals surface area contributed by atoms with Crippen LogP contribution in [0.15, 0.2) is 115 Å². The number of para-hydroxylation sites is 1. The SMILES string of the molecule is O=C(OCOP(=O)(OCOC(=O)OCc1ccccc1)[C@H](CCCc1cccc(Oc2ccccc2)c1)S(=O)(=O)O)OCc1ccccc1. The molecule has 0 aliphatic rings. The van der Waals surface area contributed by atoms with E-state index in [2.05, 4.69) is 0 Å². The van der Waals surface area contributed by atoms with Gasteiger partial charge in [0.25, 0.3) is 10.1 Å². The standard InChI is InChI=1S/C34H35O13PS/c35-33(41-23-28-12-4-1-5-13-28)43-25-45-48(37,46-26-44-34(36)42-24-29-14-6-2-7-15-29)32(49(38,39)40)21-11-17-27-16-10-20-31(22-27)47-30-18-8-3-9-19-30/h1-10,12-16,18-20,22,32H,11,17,21,23-26H2,(H,38,39,40)/t32-/m0/s1. The van der Waals surface area contributed by atoms with Crippen LogP contribution in [0, 0.1) is 0 Å². The van der Waals surface area contributed by atoms with Crippen molar-refractivity contribution in [2.24, 2.45) is 0 Å². The number of benzene rings is 4. The Morgan fingerprint density at radius 2 is 1.10 bits per heavy atom. The maximum atomic E-state index is 13.9. The molecule has 0 heterocycles. The highest BCUT2D eigenvalue weighted by Gasteiger charge is 2.45. The monoisotopic (exact) mass is 714 g/mol. The van der Waals surface area contributed by atoms with E-state index in [-0.39, 0.29) is 26.1 Å². The molecular weight excluding hydrogens is 679 g/mol. The first-order chi connectivity index (χ1) is 23.6. The molecular formula is C34H35O13PS. The molecule has 0 bridgehead atoms. The van der Waals surface area contributed by atoms with Gasteiger partial charge in [0.2, 0.25) is 13.6 Å². The summed E-state index contributed by atoms with van der Waals surface area (Å²) in [6.07, 6.45) is -2.48. The lowest BCUT2D eigenvalue weighted by molar-refractivity contribution is -0.0243. The summed E-state index contributed by atoms with van der Waals surface area (Å²) in [5.41, 5.74) is 2.08. The Bertz CT molecular complexity index is 1710. The first-order valence-corrected chi connectivity index (χ1v) is 18.1. The molecule has 0 unspecified atom stereocenters. The third kappa shape index (κ3) is 13.0. The highest BCUT2D eigenvalue weighted by molar-refractivity contribution is 7.94. The predicted octanol–water partition coefficient (Wildman–Crippen LogP) is 7.86. The highest BCUT2D eigenvalue weighted by Crippen LogP contribution is 2.56. The van der Waals surface area contributed by atoms with Crippen LogP contribution >= 0.6 is 7.60 Å². The van der Waals surface area contributed by atoms with Gasteiger partial charge >= 0.3 is 19.9 Å². The third-order valence-corrected chi connectivity index (χ3v) is 11.1. The maximum Gasteiger partial charge on any atom is 0.510 e. The van der Waals surface area contributed by atoms with Crippen LogP contribution in [0.1, 0.15) is 29.5 Å². The summed E-state index contributed by atoms with van der Waals surface area (Å²) >= 11 is 0. The van der Waals surface area contributed by atoms with Gasteiger partial charge in [-0.3, -0.25) is 18.2 Å². The van der Waals surface area contributed by atoms with Crippen molar-refractivity contribution >= 4 is 30.0 Å². The Hall–Kier alpha value is -4.72. The van der Waals surface area contributed by atoms with Crippen LogP contribution in [-0.4, -0.2) is 43.9 Å². The highest BCUT2D eigenvalue weighted by atomic mass is 32.2. The molecule has 49 heavy (non-hydrogen) atoms. The molecule has 15 heteroatoms. The number of rotatable bonds is 18. The minimum Gasteiger partial charge on any atom is -0.457 e. The molecule has 0 amide bonds. The molecule has 0 spiro atoms. The number of hydrogen-bond acceptors (Lipinski definition) is 12. The van der Waals surface area contributed by atoms with Crippen LogP contribution in [0.2, 0.25) is 0 Å². The quantitative estimate of drug-likeness (QED) is 0.0458. The van der Waals surface area contributed by atoms with E-state index in [1.54, 1.807) is 97.1 Å². The average Bonchev–Trinajstić information content (AvgIpc) is 3.09. The molecule has 0 aliphatic heterocycles. The number of hydrogen-bond donors (Lipinski definition) is 1. The fourth-order valence-electron chi connectivity index (χ4n) is 4.36. The van der Waals surface area contributed by atoms with Crippen molar-refractivity contribution in [1.29, 1.82) is 0 Å². The minimum atomic E-state index is -5.10. The van der Waals surface area contributed by atoms with Gasteiger partial charge in [-0.15, -0.1) is 0 Å². The molecule has 4 aromatic carbocycles. The van der Waals surface area contributed by atoms with Crippen LogP contribution in [-0.2, 0) is 62.3 Å². The summed E-state index contributed by atoms with van der Waals surface area (Å²) < 4.78 is 84.8. The fourth-order valence-corrected chi connectivity index (χ4v) is 7.80. The van der Waals surface area contributed by atoms with Gasteiger partial charge < -0.3 is 23.7 Å². The van der Waals surface area contributed by atoms with E-state index in [1.165, 1.54) is 0 Å². The second-order valence-electron chi connectivity index (χ2n) is 10.3. The zero-order valence-corrected chi connectivity index (χ0v) is 27.9. The van der Waals surface area contributed by atoms with E-state index in [0.29, 0.717) is 22.6 Å². The van der Waals surface area contributed by atoms with Gasteiger partial charge in [0.15, 0.2) is 4.99 Å². The van der Waals surface area contributed by atoms with Crippen LogP contribution in [0.25, 0.3) is 0 Å². The molecule has 0 fully saturated rings. The van der Waals surface area contributed by atoms with Crippen molar-refractivity contribution in [3.63, 3.8) is 0 Å². The van der Waals surface area contributed by atoms with Gasteiger partial charge in [-0.05, 0) is 60.2 Å². The largest absolute Gasteiger partial charge is 0.510 e. The van der Waals surface area contributed by atoms with Crippen molar-refractivity contribution in [3.8, 4) is 11.5 Å². The average molecular weight is 715 g/mol. The van der Waals surface area contributed by atoms with E-state index < -0.39 is 55.0 Å². The molecule has 1 N–H and O–H groups in total. The summed E-state index contributed by atoms with van der Waals surface area (Å²) in [5.74, 6) is 1.17. The van der Waals surface area contributed by atoms with E-state index in [9.17, 15) is 27.1 Å². The first kappa shape index (κ1) is 37.1. The first-order valence-electron chi connectivity index (χ1n) is 14.9. The molecule has 0 saturated carbocycles. The number of aryl methyl sites for hydroxylation is 1. The van der Waals surface area contributed by atoms with Crippen molar-refractivity contribution in [2.75, 3.05) is 13.6 Å². The predicted molar refractivity (Wildman–Crippen MR) is 176 cm³/mol. The fraction of sp³-hybridized carbons (Fsp3) is 0.235. The van der Waals surface area contributed by atoms with Crippen LogP contribution in [0.4, 0.5) is 9.59 Å². The summed E-state index contributed by atoms with van der Waals surface area (Å²) in [6, 6.07) is 33.5. The molecule has 260 valence electrons. The van der Waals surface area contributed by atoms with Crippen molar-refractivity contribution in [1.82, 2.24) is 0 Å². The summed E-state index contributed by atoms with van der Waals surface area (Å²) in [7, 11) is -10.0. The number of carbonyl (C=O) groups excluding carboxylic acids is 2. The Morgan fingerprint density at radius 1 is 0.633 bits per heavy atom. The lowest BCUT2D eigenvalue weighted by atomic mass is 10.1. The van der Waals surface area contributed by atoms with Crippen molar-refractivity contribution < 1.29 is 59.9 Å². The smallest absolute Gasteiger partial charge is 0.457 e. The van der Waals surface area contributed by atoms with E-state index in [4.69, 9.17) is 32.7 Å². The molecule has 4 rings (SSSR count). The van der Waals surface area contributed by atoms with Crippen molar-refractivity contribution in [2.45, 2.75) is 37.5 Å². The van der Waals surface area contributed by atoms with Gasteiger partial charge in [0, 0.05) is 0 Å². The zero-order valence-electron chi connectivity index (χ0n) is 26.2. The van der Waals surface area contributed by atoms with Gasteiger partial charge in [-0.2, -0.15) is 8.42 Å². The van der Waals surface area contributed by atoms with E-state index >= 15 is 0 Å². The van der Waals surface area contributed by atoms with Crippen LogP contribution < -0.4 is 4.74 Å². The minimum absolute atomic E-state index is 0.0793. The third-order valence-electron chi connectivity index (χ3n) is 6.71. The molecule has 0 aliphatic carbocycles. The van der Waals surface area contributed by atoms with Gasteiger partial charge in [-0.25, -0.2) is 9.59 Å². The second kappa shape index (κ2) is 18.7. The lowest BCUT2D eigenvalue weighted by Gasteiger charge is -2.24. The maximum absolute atomic E-state index is 13.9. The zero-order chi connectivity index (χ0) is 35.0. The van der Waals surface area contributed by atoms with Gasteiger partial charge in [-0.1, -0.05) is 91.0 Å². The van der Waals surface area contributed by atoms with E-state index in [0.717, 1.165) is 5.56 Å². The van der Waals surface area contributed by atoms with Gasteiger partial charge in [0.1, 0.15) is 24.7 Å². The Labute approximate surface area is 283 Å². The molecule has 4 aromatic rings. The van der Waals surface area contributed by atoms with E-state index in [1.807, 2.05) is 18.2 Å². The Balaban J connectivity index is 1.38. The second-order valence-corrected chi connectivity index (χ2v) is 14.5. The summed E-state index contributed by atoms with van der Waals surface area (Å²) in [6.45, 7) is -2.43. The number of ether oxygens (including phenoxy) is 5. The number of carbonyl (C=O) groups is 2. The summed E-state index contributed by atoms with van der Waals surface area (Å²) in [5, 5.41) is 0.